The van der Waals surface area contributed by atoms with Crippen LogP contribution in [0.15, 0.2) is 29.3 Å². The van der Waals surface area contributed by atoms with Crippen molar-refractivity contribution < 1.29 is 8.42 Å². The van der Waals surface area contributed by atoms with E-state index in [1.807, 2.05) is 0 Å². The van der Waals surface area contributed by atoms with Crippen LogP contribution in [0.25, 0.3) is 10.9 Å². The van der Waals surface area contributed by atoms with Gasteiger partial charge in [-0.3, -0.25) is 0 Å². The normalized spacial score (nSPS) is 16.8. The van der Waals surface area contributed by atoms with Crippen LogP contribution >= 0.6 is 0 Å². The number of hydrogen-bond donors (Lipinski definition) is 3. The molecule has 4 N–H and O–H groups in total. The number of anilines is 1. The number of nitrogens with two attached hydrogens (primary N) is 1. The SMILES string of the molecule is Nc1ccc2[nH]cc(S(=O)(=O)NCCN3CCCC3)c2c1. The van der Waals surface area contributed by atoms with Gasteiger partial charge in [0.2, 0.25) is 10.0 Å². The van der Waals surface area contributed by atoms with Crippen molar-refractivity contribution in [2.75, 3.05) is 31.9 Å². The Morgan fingerprint density at radius 3 is 2.81 bits per heavy atom. The smallest absolute Gasteiger partial charge is 0.242 e. The van der Waals surface area contributed by atoms with Crippen LogP contribution in [-0.2, 0) is 10.0 Å². The van der Waals surface area contributed by atoms with Crippen molar-refractivity contribution in [3.63, 3.8) is 0 Å². The molecule has 1 aliphatic rings. The first-order valence-corrected chi connectivity index (χ1v) is 8.63. The van der Waals surface area contributed by atoms with Crippen LogP contribution in [0.3, 0.4) is 0 Å². The molecule has 1 saturated heterocycles. The van der Waals surface area contributed by atoms with Gasteiger partial charge in [-0.1, -0.05) is 0 Å². The second kappa shape index (κ2) is 5.67. The number of rotatable bonds is 5. The highest BCUT2D eigenvalue weighted by Gasteiger charge is 2.19. The first-order chi connectivity index (χ1) is 10.1. The molecular formula is C14H20N4O2S. The largest absolute Gasteiger partial charge is 0.399 e. The molecule has 0 spiro atoms. The number of benzene rings is 1. The number of nitrogen functional groups attached to an aromatic ring is 1. The molecular weight excluding hydrogens is 288 g/mol. The number of aromatic amines is 1. The number of sulfonamides is 1. The third-order valence-corrected chi connectivity index (χ3v) is 5.38. The zero-order valence-corrected chi connectivity index (χ0v) is 12.6. The number of nitrogens with one attached hydrogen (secondary N) is 2. The average molecular weight is 308 g/mol. The minimum absolute atomic E-state index is 0.256. The summed E-state index contributed by atoms with van der Waals surface area (Å²) in [6.45, 7) is 3.30. The van der Waals surface area contributed by atoms with Crippen LogP contribution in [0, 0.1) is 0 Å². The second-order valence-electron chi connectivity index (χ2n) is 5.40. The van der Waals surface area contributed by atoms with Gasteiger partial charge >= 0.3 is 0 Å². The van der Waals surface area contributed by atoms with Crippen LogP contribution in [0.4, 0.5) is 5.69 Å². The van der Waals surface area contributed by atoms with Crippen LogP contribution in [0.5, 0.6) is 0 Å². The van der Waals surface area contributed by atoms with E-state index < -0.39 is 10.0 Å². The summed E-state index contributed by atoms with van der Waals surface area (Å²) in [5.41, 5.74) is 7.06. The van der Waals surface area contributed by atoms with Gasteiger partial charge in [0.15, 0.2) is 0 Å². The zero-order chi connectivity index (χ0) is 14.9. The van der Waals surface area contributed by atoms with Gasteiger partial charge in [-0.2, -0.15) is 0 Å². The molecule has 0 aliphatic carbocycles. The van der Waals surface area contributed by atoms with Crippen LogP contribution in [0.1, 0.15) is 12.8 Å². The Morgan fingerprint density at radius 1 is 1.29 bits per heavy atom. The molecule has 114 valence electrons. The molecule has 0 amide bonds. The van der Waals surface area contributed by atoms with Gasteiger partial charge in [0.05, 0.1) is 0 Å². The molecule has 2 aromatic rings. The minimum Gasteiger partial charge on any atom is -0.399 e. The van der Waals surface area contributed by atoms with Gasteiger partial charge in [0, 0.05) is 35.9 Å². The highest BCUT2D eigenvalue weighted by molar-refractivity contribution is 7.89. The Hall–Kier alpha value is -1.57. The maximum atomic E-state index is 12.4. The number of hydrogen-bond acceptors (Lipinski definition) is 4. The lowest BCUT2D eigenvalue weighted by atomic mass is 10.2. The molecule has 2 heterocycles. The summed E-state index contributed by atoms with van der Waals surface area (Å²) < 4.78 is 27.5. The molecule has 0 atom stereocenters. The zero-order valence-electron chi connectivity index (χ0n) is 11.8. The Labute approximate surface area is 124 Å². The quantitative estimate of drug-likeness (QED) is 0.722. The van der Waals surface area contributed by atoms with Crippen LogP contribution < -0.4 is 10.5 Å². The molecule has 6 nitrogen and oxygen atoms in total. The molecule has 1 aromatic carbocycles. The standard InChI is InChI=1S/C14H20N4O2S/c15-11-3-4-13-12(9-11)14(10-16-13)21(19,20)17-5-8-18-6-1-2-7-18/h3-4,9-10,16-17H,1-2,5-8,15H2. The molecule has 0 bridgehead atoms. The second-order valence-corrected chi connectivity index (χ2v) is 7.14. The lowest BCUT2D eigenvalue weighted by molar-refractivity contribution is 0.344. The van der Waals surface area contributed by atoms with E-state index in [2.05, 4.69) is 14.6 Å². The van der Waals surface area contributed by atoms with Gasteiger partial charge in [0.1, 0.15) is 4.90 Å². The predicted octanol–water partition coefficient (Wildman–Crippen LogP) is 1.12. The maximum absolute atomic E-state index is 12.4. The number of fused-ring (bicyclic) bond motifs is 1. The van der Waals surface area contributed by atoms with Crippen LogP contribution in [-0.4, -0.2) is 44.5 Å². The van der Waals surface area contributed by atoms with E-state index in [-0.39, 0.29) is 4.90 Å². The van der Waals surface area contributed by atoms with Crippen molar-refractivity contribution in [3.8, 4) is 0 Å². The van der Waals surface area contributed by atoms with Crippen molar-refractivity contribution in [3.05, 3.63) is 24.4 Å². The first kappa shape index (κ1) is 14.4. The Balaban J connectivity index is 1.74. The molecule has 1 aromatic heterocycles. The summed E-state index contributed by atoms with van der Waals surface area (Å²) in [5.74, 6) is 0. The number of H-pyrrole nitrogens is 1. The van der Waals surface area contributed by atoms with Crippen molar-refractivity contribution in [1.29, 1.82) is 0 Å². The number of likely N-dealkylation sites (tertiary alicyclic amines) is 1. The Kier molecular flexibility index (Phi) is 3.88. The van der Waals surface area contributed by atoms with E-state index in [1.54, 1.807) is 18.2 Å². The number of aromatic nitrogens is 1. The maximum Gasteiger partial charge on any atom is 0.242 e. The van der Waals surface area contributed by atoms with Crippen molar-refractivity contribution in [1.82, 2.24) is 14.6 Å². The van der Waals surface area contributed by atoms with E-state index in [0.717, 1.165) is 25.2 Å². The van der Waals surface area contributed by atoms with Gasteiger partial charge in [-0.25, -0.2) is 13.1 Å². The summed E-state index contributed by atoms with van der Waals surface area (Å²) >= 11 is 0. The third-order valence-electron chi connectivity index (χ3n) is 3.88. The summed E-state index contributed by atoms with van der Waals surface area (Å²) in [6.07, 6.45) is 3.92. The van der Waals surface area contributed by atoms with E-state index >= 15 is 0 Å². The molecule has 21 heavy (non-hydrogen) atoms. The van der Waals surface area contributed by atoms with Gasteiger partial charge in [-0.15, -0.1) is 0 Å². The van der Waals surface area contributed by atoms with Crippen molar-refractivity contribution in [2.45, 2.75) is 17.7 Å². The predicted molar refractivity (Wildman–Crippen MR) is 83.6 cm³/mol. The average Bonchev–Trinajstić information content (AvgIpc) is 3.07. The fraction of sp³-hybridized carbons (Fsp3) is 0.429. The number of nitrogens with zero attached hydrogens (tertiary/aromatic N) is 1. The van der Waals surface area contributed by atoms with E-state index in [4.69, 9.17) is 5.73 Å². The molecule has 0 unspecified atom stereocenters. The van der Waals surface area contributed by atoms with Crippen molar-refractivity contribution in [2.24, 2.45) is 0 Å². The topological polar surface area (TPSA) is 91.2 Å². The molecule has 0 saturated carbocycles. The van der Waals surface area contributed by atoms with Crippen LogP contribution in [0.2, 0.25) is 0 Å². The summed E-state index contributed by atoms with van der Waals surface area (Å²) in [4.78, 5) is 5.50. The minimum atomic E-state index is -3.52. The summed E-state index contributed by atoms with van der Waals surface area (Å²) in [7, 11) is -3.52. The summed E-state index contributed by atoms with van der Waals surface area (Å²) in [6, 6.07) is 5.21. The fourth-order valence-corrected chi connectivity index (χ4v) is 3.95. The van der Waals surface area contributed by atoms with E-state index in [9.17, 15) is 8.42 Å². The summed E-state index contributed by atoms with van der Waals surface area (Å²) in [5, 5.41) is 0.628. The lowest BCUT2D eigenvalue weighted by Gasteiger charge is -2.14. The molecule has 7 heteroatoms. The molecule has 1 fully saturated rings. The molecule has 3 rings (SSSR count). The Bertz CT molecular complexity index is 733. The lowest BCUT2D eigenvalue weighted by Crippen LogP contribution is -2.33. The van der Waals surface area contributed by atoms with Gasteiger partial charge < -0.3 is 15.6 Å². The van der Waals surface area contributed by atoms with Crippen molar-refractivity contribution >= 4 is 26.6 Å². The van der Waals surface area contributed by atoms with E-state index in [1.165, 1.54) is 19.0 Å². The highest BCUT2D eigenvalue weighted by atomic mass is 32.2. The van der Waals surface area contributed by atoms with Gasteiger partial charge in [0.25, 0.3) is 0 Å². The fourth-order valence-electron chi connectivity index (χ4n) is 2.76. The van der Waals surface area contributed by atoms with Gasteiger partial charge in [-0.05, 0) is 44.1 Å². The molecule has 0 radical (unpaired) electrons. The Morgan fingerprint density at radius 2 is 2.05 bits per heavy atom. The monoisotopic (exact) mass is 308 g/mol. The highest BCUT2D eigenvalue weighted by Crippen LogP contribution is 2.24. The third kappa shape index (κ3) is 3.04. The molecule has 1 aliphatic heterocycles. The first-order valence-electron chi connectivity index (χ1n) is 7.15. The van der Waals surface area contributed by atoms with E-state index in [0.29, 0.717) is 17.6 Å².